The third-order valence-corrected chi connectivity index (χ3v) is 1.97. The van der Waals surface area contributed by atoms with Crippen LogP contribution in [0.1, 0.15) is 13.8 Å². The molecule has 0 fully saturated rings. The molecular formula is C10H13NO. The molecule has 2 heteroatoms. The molecule has 0 aromatic rings. The number of hydrogen-bond acceptors (Lipinski definition) is 2. The van der Waals surface area contributed by atoms with Crippen LogP contribution in [0.2, 0.25) is 0 Å². The van der Waals surface area contributed by atoms with Gasteiger partial charge in [-0.2, -0.15) is 0 Å². The molecule has 12 heavy (non-hydrogen) atoms. The summed E-state index contributed by atoms with van der Waals surface area (Å²) in [5.41, 5.74) is 2.83. The Hall–Kier alpha value is -1.31. The molecular weight excluding hydrogens is 150 g/mol. The molecule has 0 amide bonds. The molecule has 0 unspecified atom stereocenters. The lowest BCUT2D eigenvalue weighted by Gasteiger charge is -2.06. The van der Waals surface area contributed by atoms with Crippen LogP contribution in [0.25, 0.3) is 0 Å². The summed E-state index contributed by atoms with van der Waals surface area (Å²) in [6.45, 7) is 3.55. The van der Waals surface area contributed by atoms with Gasteiger partial charge in [0.05, 0.1) is 0 Å². The molecule has 0 radical (unpaired) electrons. The van der Waals surface area contributed by atoms with E-state index in [9.17, 15) is 4.79 Å². The molecule has 1 aliphatic carbocycles. The van der Waals surface area contributed by atoms with E-state index >= 15 is 0 Å². The predicted octanol–water partition coefficient (Wildman–Crippen LogP) is 1.56. The van der Waals surface area contributed by atoms with Crippen LogP contribution in [0.5, 0.6) is 0 Å². The average molecular weight is 163 g/mol. The highest BCUT2D eigenvalue weighted by Gasteiger charge is 2.12. The van der Waals surface area contributed by atoms with E-state index in [-0.39, 0.29) is 5.78 Å². The van der Waals surface area contributed by atoms with Gasteiger partial charge in [0.15, 0.2) is 5.78 Å². The minimum Gasteiger partial charge on any atom is -0.391 e. The van der Waals surface area contributed by atoms with Gasteiger partial charge in [-0.05, 0) is 13.8 Å². The van der Waals surface area contributed by atoms with Crippen molar-refractivity contribution in [2.45, 2.75) is 13.8 Å². The Balaban J connectivity index is 3.03. The zero-order valence-corrected chi connectivity index (χ0v) is 7.64. The topological polar surface area (TPSA) is 29.1 Å². The summed E-state index contributed by atoms with van der Waals surface area (Å²) in [6.07, 6.45) is 5.69. The van der Waals surface area contributed by atoms with E-state index in [1.807, 2.05) is 32.2 Å². The molecule has 1 N–H and O–H groups in total. The van der Waals surface area contributed by atoms with Crippen molar-refractivity contribution in [1.29, 1.82) is 0 Å². The number of allylic oxidation sites excluding steroid dienone is 6. The fourth-order valence-electron chi connectivity index (χ4n) is 1.19. The van der Waals surface area contributed by atoms with Gasteiger partial charge in [-0.25, -0.2) is 0 Å². The minimum atomic E-state index is 0.115. The van der Waals surface area contributed by atoms with Crippen LogP contribution in [0.3, 0.4) is 0 Å². The second kappa shape index (κ2) is 3.39. The number of carbonyl (C=O) groups excluding carboxylic acids is 1. The second-order valence-electron chi connectivity index (χ2n) is 2.78. The summed E-state index contributed by atoms with van der Waals surface area (Å²) in [7, 11) is 1.85. The van der Waals surface area contributed by atoms with E-state index in [0.717, 1.165) is 16.8 Å². The van der Waals surface area contributed by atoms with Crippen molar-refractivity contribution in [3.63, 3.8) is 0 Å². The van der Waals surface area contributed by atoms with Crippen LogP contribution in [-0.4, -0.2) is 12.8 Å². The summed E-state index contributed by atoms with van der Waals surface area (Å²) in [5, 5.41) is 3.03. The van der Waals surface area contributed by atoms with Crippen molar-refractivity contribution in [2.24, 2.45) is 0 Å². The molecule has 0 heterocycles. The van der Waals surface area contributed by atoms with Crippen molar-refractivity contribution in [2.75, 3.05) is 7.05 Å². The Bertz CT molecular complexity index is 295. The maximum Gasteiger partial charge on any atom is 0.160 e. The highest BCUT2D eigenvalue weighted by Crippen LogP contribution is 2.21. The summed E-state index contributed by atoms with van der Waals surface area (Å²) < 4.78 is 0. The Morgan fingerprint density at radius 1 is 1.42 bits per heavy atom. The Morgan fingerprint density at radius 3 is 2.58 bits per heavy atom. The lowest BCUT2D eigenvalue weighted by atomic mass is 10.0. The number of rotatable bonds is 2. The zero-order valence-electron chi connectivity index (χ0n) is 7.64. The van der Waals surface area contributed by atoms with Crippen LogP contribution in [-0.2, 0) is 4.79 Å². The first kappa shape index (κ1) is 8.78. The molecule has 0 saturated carbocycles. The van der Waals surface area contributed by atoms with Crippen LogP contribution < -0.4 is 5.32 Å². The molecule has 64 valence electrons. The highest BCUT2D eigenvalue weighted by atomic mass is 16.1. The van der Waals surface area contributed by atoms with Crippen molar-refractivity contribution in [3.05, 3.63) is 35.1 Å². The van der Waals surface area contributed by atoms with Crippen LogP contribution in [0, 0.1) is 0 Å². The molecule has 0 aromatic carbocycles. The smallest absolute Gasteiger partial charge is 0.160 e. The van der Waals surface area contributed by atoms with Crippen molar-refractivity contribution >= 4 is 5.78 Å². The molecule has 0 bridgehead atoms. The quantitative estimate of drug-likeness (QED) is 0.669. The Morgan fingerprint density at radius 2 is 2.08 bits per heavy atom. The first-order chi connectivity index (χ1) is 5.66. The summed E-state index contributed by atoms with van der Waals surface area (Å²) >= 11 is 0. The average Bonchev–Trinajstić information content (AvgIpc) is 2.50. The lowest BCUT2D eigenvalue weighted by molar-refractivity contribution is -0.113. The maximum atomic E-state index is 11.1. The monoisotopic (exact) mass is 163 g/mol. The molecule has 0 saturated heterocycles. The van der Waals surface area contributed by atoms with Gasteiger partial charge < -0.3 is 5.32 Å². The van der Waals surface area contributed by atoms with Crippen LogP contribution >= 0.6 is 0 Å². The molecule has 0 atom stereocenters. The number of hydrogen-bond donors (Lipinski definition) is 1. The molecule has 0 spiro atoms. The van der Waals surface area contributed by atoms with E-state index in [1.165, 1.54) is 0 Å². The van der Waals surface area contributed by atoms with Gasteiger partial charge in [0.1, 0.15) is 0 Å². The van der Waals surface area contributed by atoms with Crippen LogP contribution in [0.4, 0.5) is 0 Å². The normalized spacial score (nSPS) is 19.1. The fourth-order valence-corrected chi connectivity index (χ4v) is 1.19. The van der Waals surface area contributed by atoms with Gasteiger partial charge in [-0.1, -0.05) is 18.2 Å². The van der Waals surface area contributed by atoms with Gasteiger partial charge in [-0.15, -0.1) is 0 Å². The third kappa shape index (κ3) is 1.47. The van der Waals surface area contributed by atoms with Crippen LogP contribution in [0.15, 0.2) is 35.1 Å². The number of carbonyl (C=O) groups is 1. The molecule has 0 aromatic heterocycles. The minimum absolute atomic E-state index is 0.115. The molecule has 1 rings (SSSR count). The molecule has 2 nitrogen and oxygen atoms in total. The third-order valence-electron chi connectivity index (χ3n) is 1.97. The molecule has 1 aliphatic rings. The van der Waals surface area contributed by atoms with Gasteiger partial charge in [0.2, 0.25) is 0 Å². The van der Waals surface area contributed by atoms with Gasteiger partial charge in [0, 0.05) is 23.9 Å². The van der Waals surface area contributed by atoms with Gasteiger partial charge in [0.25, 0.3) is 0 Å². The van der Waals surface area contributed by atoms with E-state index in [1.54, 1.807) is 6.92 Å². The highest BCUT2D eigenvalue weighted by molar-refractivity contribution is 6.00. The zero-order chi connectivity index (χ0) is 9.14. The largest absolute Gasteiger partial charge is 0.391 e. The maximum absolute atomic E-state index is 11.1. The first-order valence-corrected chi connectivity index (χ1v) is 3.95. The number of ketones is 1. The SMILES string of the molecule is CN/C(C)=C1/C=CC=C1C(C)=O. The number of Topliss-reactive ketones (excluding diaryl/α,β-unsaturated/α-hetero) is 1. The predicted molar refractivity (Wildman–Crippen MR) is 49.7 cm³/mol. The second-order valence-corrected chi connectivity index (χ2v) is 2.78. The standard InChI is InChI=1S/C10H13NO/c1-7(11-3)9-5-4-6-10(9)8(2)12/h4-6,11H,1-3H3/b9-7-. The lowest BCUT2D eigenvalue weighted by Crippen LogP contribution is -2.08. The van der Waals surface area contributed by atoms with Crippen molar-refractivity contribution < 1.29 is 4.79 Å². The van der Waals surface area contributed by atoms with E-state index in [2.05, 4.69) is 5.32 Å². The molecule has 0 aliphatic heterocycles. The van der Waals surface area contributed by atoms with Gasteiger partial charge in [-0.3, -0.25) is 4.79 Å². The summed E-state index contributed by atoms with van der Waals surface area (Å²) in [4.78, 5) is 11.1. The van der Waals surface area contributed by atoms with Crippen molar-refractivity contribution in [3.8, 4) is 0 Å². The van der Waals surface area contributed by atoms with Crippen molar-refractivity contribution in [1.82, 2.24) is 5.32 Å². The van der Waals surface area contributed by atoms with Gasteiger partial charge >= 0.3 is 0 Å². The fraction of sp³-hybridized carbons (Fsp3) is 0.300. The van der Waals surface area contributed by atoms with E-state index in [0.29, 0.717) is 0 Å². The van der Waals surface area contributed by atoms with E-state index < -0.39 is 0 Å². The summed E-state index contributed by atoms with van der Waals surface area (Å²) in [6, 6.07) is 0. The summed E-state index contributed by atoms with van der Waals surface area (Å²) in [5.74, 6) is 0.115. The Labute approximate surface area is 72.7 Å². The Kier molecular flexibility index (Phi) is 2.48. The van der Waals surface area contributed by atoms with E-state index in [4.69, 9.17) is 0 Å². The first-order valence-electron chi connectivity index (χ1n) is 3.95. The number of nitrogens with one attached hydrogen (secondary N) is 1.